The number of carboxylic acids is 1. The van der Waals surface area contributed by atoms with Crippen molar-refractivity contribution < 1.29 is 14.7 Å². The van der Waals surface area contributed by atoms with E-state index in [0.29, 0.717) is 17.0 Å². The van der Waals surface area contributed by atoms with E-state index in [-0.39, 0.29) is 11.8 Å². The van der Waals surface area contributed by atoms with Gasteiger partial charge in [-0.05, 0) is 19.3 Å². The van der Waals surface area contributed by atoms with Gasteiger partial charge in [0.25, 0.3) is 5.91 Å². The van der Waals surface area contributed by atoms with Crippen LogP contribution in [0.1, 0.15) is 35.6 Å². The molecule has 2 N–H and O–H groups in total. The second kappa shape index (κ2) is 5.77. The molecule has 0 aliphatic rings. The number of aryl methyl sites for hydroxylation is 1. The molecule has 6 heteroatoms. The first-order valence-corrected chi connectivity index (χ1v) is 6.23. The predicted molar refractivity (Wildman–Crippen MR) is 65.2 cm³/mol. The number of carboxylic acid groups (broad SMARTS) is 1. The van der Waals surface area contributed by atoms with Gasteiger partial charge in [0.2, 0.25) is 0 Å². The van der Waals surface area contributed by atoms with E-state index in [1.807, 2.05) is 13.8 Å². The van der Waals surface area contributed by atoms with Crippen molar-refractivity contribution in [2.24, 2.45) is 5.92 Å². The molecule has 0 radical (unpaired) electrons. The minimum absolute atomic E-state index is 0.207. The Hall–Kier alpha value is -1.43. The first-order valence-electron chi connectivity index (χ1n) is 5.35. The lowest BCUT2D eigenvalue weighted by Crippen LogP contribution is -2.41. The fourth-order valence-corrected chi connectivity index (χ4v) is 2.14. The van der Waals surface area contributed by atoms with Crippen molar-refractivity contribution >= 4 is 23.2 Å². The van der Waals surface area contributed by atoms with Gasteiger partial charge in [-0.3, -0.25) is 4.79 Å². The summed E-state index contributed by atoms with van der Waals surface area (Å²) in [6.45, 7) is 5.56. The topological polar surface area (TPSA) is 79.3 Å². The standard InChI is InChI=1S/C11H16N2O3S/c1-6(2)4-8(11(15)16)13-10(14)9-7(3)12-5-17-9/h5-6,8H,4H2,1-3H3,(H,13,14)(H,15,16)/t8-/m0/s1. The van der Waals surface area contributed by atoms with Crippen molar-refractivity contribution in [2.45, 2.75) is 33.2 Å². The van der Waals surface area contributed by atoms with Crippen molar-refractivity contribution in [1.29, 1.82) is 0 Å². The Morgan fingerprint density at radius 2 is 2.18 bits per heavy atom. The minimum Gasteiger partial charge on any atom is -0.480 e. The Labute approximate surface area is 104 Å². The van der Waals surface area contributed by atoms with E-state index in [9.17, 15) is 9.59 Å². The quantitative estimate of drug-likeness (QED) is 0.840. The summed E-state index contributed by atoms with van der Waals surface area (Å²) in [7, 11) is 0. The number of nitrogens with zero attached hydrogens (tertiary/aromatic N) is 1. The molecule has 0 fully saturated rings. The van der Waals surface area contributed by atoms with E-state index in [0.717, 1.165) is 0 Å². The Morgan fingerprint density at radius 1 is 1.53 bits per heavy atom. The summed E-state index contributed by atoms with van der Waals surface area (Å²) < 4.78 is 0. The molecule has 0 aliphatic carbocycles. The Balaban J connectivity index is 2.71. The molecule has 1 amide bonds. The van der Waals surface area contributed by atoms with Gasteiger partial charge in [0.1, 0.15) is 10.9 Å². The number of nitrogens with one attached hydrogen (secondary N) is 1. The van der Waals surface area contributed by atoms with Crippen LogP contribution in [0.25, 0.3) is 0 Å². The van der Waals surface area contributed by atoms with Crippen molar-refractivity contribution in [1.82, 2.24) is 10.3 Å². The molecule has 0 bridgehead atoms. The number of aliphatic carboxylic acids is 1. The molecule has 1 atom stereocenters. The smallest absolute Gasteiger partial charge is 0.326 e. The van der Waals surface area contributed by atoms with Crippen molar-refractivity contribution in [3.8, 4) is 0 Å². The number of thiazole rings is 1. The number of carbonyl (C=O) groups excluding carboxylic acids is 1. The molecule has 1 heterocycles. The number of amides is 1. The highest BCUT2D eigenvalue weighted by atomic mass is 32.1. The van der Waals surface area contributed by atoms with Crippen LogP contribution < -0.4 is 5.32 Å². The summed E-state index contributed by atoms with van der Waals surface area (Å²) in [5.74, 6) is -1.16. The van der Waals surface area contributed by atoms with E-state index < -0.39 is 12.0 Å². The van der Waals surface area contributed by atoms with Crippen molar-refractivity contribution in [2.75, 3.05) is 0 Å². The van der Waals surface area contributed by atoms with Gasteiger partial charge in [0, 0.05) is 0 Å². The van der Waals surface area contributed by atoms with Crippen LogP contribution in [0.15, 0.2) is 5.51 Å². The summed E-state index contributed by atoms with van der Waals surface area (Å²) in [4.78, 5) is 27.3. The lowest BCUT2D eigenvalue weighted by atomic mass is 10.0. The van der Waals surface area contributed by atoms with Crippen LogP contribution in [0.4, 0.5) is 0 Å². The van der Waals surface area contributed by atoms with Gasteiger partial charge in [0.05, 0.1) is 11.2 Å². The molecular formula is C11H16N2O3S. The van der Waals surface area contributed by atoms with Crippen LogP contribution in [0.5, 0.6) is 0 Å². The monoisotopic (exact) mass is 256 g/mol. The molecule has 0 saturated carbocycles. The molecule has 0 aliphatic heterocycles. The highest BCUT2D eigenvalue weighted by Crippen LogP contribution is 2.13. The zero-order valence-electron chi connectivity index (χ0n) is 10.1. The fraction of sp³-hybridized carbons (Fsp3) is 0.545. The number of rotatable bonds is 5. The predicted octanol–water partition coefficient (Wildman–Crippen LogP) is 1.68. The van der Waals surface area contributed by atoms with Crippen LogP contribution in [0.3, 0.4) is 0 Å². The van der Waals surface area contributed by atoms with Crippen LogP contribution in [0, 0.1) is 12.8 Å². The van der Waals surface area contributed by atoms with Crippen LogP contribution in [-0.2, 0) is 4.79 Å². The van der Waals surface area contributed by atoms with Gasteiger partial charge in [-0.2, -0.15) is 0 Å². The second-order valence-electron chi connectivity index (χ2n) is 4.26. The molecule has 0 spiro atoms. The highest BCUT2D eigenvalue weighted by molar-refractivity contribution is 7.11. The molecule has 1 aromatic rings. The lowest BCUT2D eigenvalue weighted by molar-refractivity contribution is -0.139. The molecule has 1 rings (SSSR count). The summed E-state index contributed by atoms with van der Waals surface area (Å²) >= 11 is 1.21. The van der Waals surface area contributed by atoms with E-state index >= 15 is 0 Å². The van der Waals surface area contributed by atoms with Crippen LogP contribution >= 0.6 is 11.3 Å². The van der Waals surface area contributed by atoms with E-state index in [2.05, 4.69) is 10.3 Å². The maximum Gasteiger partial charge on any atom is 0.326 e. The van der Waals surface area contributed by atoms with Gasteiger partial charge in [-0.15, -0.1) is 11.3 Å². The number of carbonyl (C=O) groups is 2. The average molecular weight is 256 g/mol. The Bertz CT molecular complexity index is 415. The molecule has 0 unspecified atom stereocenters. The van der Waals surface area contributed by atoms with Crippen molar-refractivity contribution in [3.63, 3.8) is 0 Å². The molecule has 1 aromatic heterocycles. The molecule has 0 saturated heterocycles. The zero-order valence-corrected chi connectivity index (χ0v) is 10.9. The summed E-state index contributed by atoms with van der Waals surface area (Å²) in [5, 5.41) is 11.5. The third-order valence-electron chi connectivity index (χ3n) is 2.26. The third-order valence-corrected chi connectivity index (χ3v) is 3.19. The SMILES string of the molecule is Cc1ncsc1C(=O)N[C@@H](CC(C)C)C(=O)O. The lowest BCUT2D eigenvalue weighted by Gasteiger charge is -2.15. The summed E-state index contributed by atoms with van der Waals surface area (Å²) in [5.41, 5.74) is 2.20. The van der Waals surface area contributed by atoms with E-state index in [4.69, 9.17) is 5.11 Å². The molecule has 94 valence electrons. The zero-order chi connectivity index (χ0) is 13.0. The average Bonchev–Trinajstić information content (AvgIpc) is 2.62. The van der Waals surface area contributed by atoms with Crippen LogP contribution in [-0.4, -0.2) is 28.0 Å². The fourth-order valence-electron chi connectivity index (χ4n) is 1.44. The molecule has 5 nitrogen and oxygen atoms in total. The highest BCUT2D eigenvalue weighted by Gasteiger charge is 2.23. The number of hydrogen-bond donors (Lipinski definition) is 2. The van der Waals surface area contributed by atoms with Crippen LogP contribution in [0.2, 0.25) is 0 Å². The maximum atomic E-state index is 11.8. The third kappa shape index (κ3) is 3.81. The van der Waals surface area contributed by atoms with E-state index in [1.54, 1.807) is 12.4 Å². The molecular weight excluding hydrogens is 240 g/mol. The summed E-state index contributed by atoms with van der Waals surface area (Å²) in [6, 6.07) is -0.844. The van der Waals surface area contributed by atoms with E-state index in [1.165, 1.54) is 11.3 Å². The minimum atomic E-state index is -1.01. The Morgan fingerprint density at radius 3 is 2.59 bits per heavy atom. The Kier molecular flexibility index (Phi) is 4.62. The first kappa shape index (κ1) is 13.6. The summed E-state index contributed by atoms with van der Waals surface area (Å²) in [6.07, 6.45) is 0.416. The van der Waals surface area contributed by atoms with Gasteiger partial charge in [-0.1, -0.05) is 13.8 Å². The number of hydrogen-bond acceptors (Lipinski definition) is 4. The second-order valence-corrected chi connectivity index (χ2v) is 5.12. The maximum absolute atomic E-state index is 11.8. The van der Waals surface area contributed by atoms with Gasteiger partial charge >= 0.3 is 5.97 Å². The largest absolute Gasteiger partial charge is 0.480 e. The molecule has 17 heavy (non-hydrogen) atoms. The van der Waals surface area contributed by atoms with Gasteiger partial charge in [-0.25, -0.2) is 9.78 Å². The van der Waals surface area contributed by atoms with Gasteiger partial charge in [0.15, 0.2) is 0 Å². The first-order chi connectivity index (χ1) is 7.91. The van der Waals surface area contributed by atoms with Crippen molar-refractivity contribution in [3.05, 3.63) is 16.1 Å². The molecule has 0 aromatic carbocycles. The normalized spacial score (nSPS) is 12.5. The van der Waals surface area contributed by atoms with Gasteiger partial charge < -0.3 is 10.4 Å². The number of aromatic nitrogens is 1.